The topological polar surface area (TPSA) is 77.5 Å². The van der Waals surface area contributed by atoms with E-state index in [1.165, 1.54) is 11.1 Å². The highest BCUT2D eigenvalue weighted by Crippen LogP contribution is 2.20. The van der Waals surface area contributed by atoms with E-state index < -0.39 is 0 Å². The predicted molar refractivity (Wildman–Crippen MR) is 75.3 cm³/mol. The van der Waals surface area contributed by atoms with Gasteiger partial charge in [-0.2, -0.15) is 0 Å². The highest BCUT2D eigenvalue weighted by Gasteiger charge is 2.14. The molecule has 0 atom stereocenters. The zero-order chi connectivity index (χ0) is 14.7. The molecule has 0 radical (unpaired) electrons. The van der Waals surface area contributed by atoms with Crippen molar-refractivity contribution in [3.8, 4) is 5.75 Å². The lowest BCUT2D eigenvalue weighted by Crippen LogP contribution is -2.30. The molecule has 0 unspecified atom stereocenters. The summed E-state index contributed by atoms with van der Waals surface area (Å²) in [7, 11) is 0. The number of hydrogen-bond acceptors (Lipinski definition) is 4. The Morgan fingerprint density at radius 2 is 2.00 bits per heavy atom. The number of hydrogen-bond donors (Lipinski definition) is 2. The van der Waals surface area contributed by atoms with Crippen molar-refractivity contribution in [1.82, 2.24) is 5.43 Å². The van der Waals surface area contributed by atoms with Gasteiger partial charge in [0.15, 0.2) is 0 Å². The normalized spacial score (nSPS) is 10.4. The molecule has 0 saturated carbocycles. The van der Waals surface area contributed by atoms with Gasteiger partial charge in [-0.3, -0.25) is 10.2 Å². The van der Waals surface area contributed by atoms with Gasteiger partial charge < -0.3 is 9.15 Å². The summed E-state index contributed by atoms with van der Waals surface area (Å²) < 4.78 is 11.1. The first-order valence-corrected chi connectivity index (χ1v) is 6.31. The van der Waals surface area contributed by atoms with Crippen LogP contribution in [-0.4, -0.2) is 5.91 Å². The number of ether oxygens (including phenoxy) is 1. The van der Waals surface area contributed by atoms with E-state index in [-0.39, 0.29) is 12.5 Å². The quantitative estimate of drug-likeness (QED) is 0.510. The smallest absolute Gasteiger partial charge is 0.268 e. The van der Waals surface area contributed by atoms with Crippen LogP contribution in [-0.2, 0) is 6.61 Å². The number of aryl methyl sites for hydroxylation is 3. The average molecular weight is 274 g/mol. The van der Waals surface area contributed by atoms with Gasteiger partial charge in [-0.25, -0.2) is 5.84 Å². The standard InChI is InChI=1S/C15H18N2O3/c1-9-4-5-12(6-10(9)2)19-8-13-7-14(11(3)20-13)15(18)17-16/h4-7H,8,16H2,1-3H3,(H,17,18). The number of amides is 1. The fourth-order valence-electron chi connectivity index (χ4n) is 1.88. The highest BCUT2D eigenvalue weighted by atomic mass is 16.5. The molecule has 2 rings (SSSR count). The maximum absolute atomic E-state index is 11.5. The molecule has 1 aromatic carbocycles. The lowest BCUT2D eigenvalue weighted by atomic mass is 10.1. The van der Waals surface area contributed by atoms with Crippen LogP contribution in [0.5, 0.6) is 5.75 Å². The van der Waals surface area contributed by atoms with Crippen molar-refractivity contribution in [3.05, 3.63) is 52.5 Å². The zero-order valence-corrected chi connectivity index (χ0v) is 11.8. The molecule has 5 nitrogen and oxygen atoms in total. The Hall–Kier alpha value is -2.27. The number of nitrogens with two attached hydrogens (primary N) is 1. The molecule has 3 N–H and O–H groups in total. The van der Waals surface area contributed by atoms with Gasteiger partial charge in [0.25, 0.3) is 5.91 Å². The minimum Gasteiger partial charge on any atom is -0.486 e. The van der Waals surface area contributed by atoms with E-state index in [2.05, 4.69) is 5.43 Å². The Bertz CT molecular complexity index is 632. The molecule has 1 heterocycles. The molecule has 0 aliphatic rings. The van der Waals surface area contributed by atoms with Gasteiger partial charge in [-0.1, -0.05) is 6.07 Å². The maximum atomic E-state index is 11.5. The Morgan fingerprint density at radius 3 is 2.65 bits per heavy atom. The molecule has 1 amide bonds. The van der Waals surface area contributed by atoms with E-state index in [0.717, 1.165) is 5.75 Å². The van der Waals surface area contributed by atoms with E-state index >= 15 is 0 Å². The molecular weight excluding hydrogens is 256 g/mol. The molecule has 0 bridgehead atoms. The van der Waals surface area contributed by atoms with Crippen LogP contribution in [0.1, 0.15) is 33.0 Å². The zero-order valence-electron chi connectivity index (χ0n) is 11.8. The second-order valence-corrected chi connectivity index (χ2v) is 4.69. The van der Waals surface area contributed by atoms with Gasteiger partial charge >= 0.3 is 0 Å². The summed E-state index contributed by atoms with van der Waals surface area (Å²) in [6.45, 7) is 6.06. The first kappa shape index (κ1) is 14.1. The molecule has 0 saturated heterocycles. The summed E-state index contributed by atoms with van der Waals surface area (Å²) in [5.41, 5.74) is 4.89. The Morgan fingerprint density at radius 1 is 1.25 bits per heavy atom. The van der Waals surface area contributed by atoms with Gasteiger partial charge in [0.05, 0.1) is 5.56 Å². The van der Waals surface area contributed by atoms with Crippen LogP contribution >= 0.6 is 0 Å². The van der Waals surface area contributed by atoms with E-state index in [0.29, 0.717) is 17.1 Å². The van der Waals surface area contributed by atoms with Crippen molar-refractivity contribution in [2.45, 2.75) is 27.4 Å². The van der Waals surface area contributed by atoms with E-state index in [1.54, 1.807) is 13.0 Å². The maximum Gasteiger partial charge on any atom is 0.268 e. The van der Waals surface area contributed by atoms with Crippen LogP contribution in [0.15, 0.2) is 28.7 Å². The minimum atomic E-state index is -0.372. The Kier molecular flexibility index (Phi) is 4.10. The number of furan rings is 1. The van der Waals surface area contributed by atoms with Crippen molar-refractivity contribution >= 4 is 5.91 Å². The Balaban J connectivity index is 2.07. The summed E-state index contributed by atoms with van der Waals surface area (Å²) in [4.78, 5) is 11.5. The Labute approximate surface area is 117 Å². The van der Waals surface area contributed by atoms with Crippen LogP contribution in [0.25, 0.3) is 0 Å². The molecule has 20 heavy (non-hydrogen) atoms. The largest absolute Gasteiger partial charge is 0.486 e. The monoisotopic (exact) mass is 274 g/mol. The lowest BCUT2D eigenvalue weighted by molar-refractivity contribution is 0.0952. The fourth-order valence-corrected chi connectivity index (χ4v) is 1.88. The van der Waals surface area contributed by atoms with Crippen LogP contribution in [0.3, 0.4) is 0 Å². The van der Waals surface area contributed by atoms with Gasteiger partial charge in [-0.05, 0) is 50.1 Å². The van der Waals surface area contributed by atoms with Crippen LogP contribution in [0.2, 0.25) is 0 Å². The van der Waals surface area contributed by atoms with E-state index in [4.69, 9.17) is 15.0 Å². The fraction of sp³-hybridized carbons (Fsp3) is 0.267. The number of hydrazine groups is 1. The summed E-state index contributed by atoms with van der Waals surface area (Å²) in [6, 6.07) is 7.52. The second kappa shape index (κ2) is 5.79. The molecule has 0 aliphatic heterocycles. The van der Waals surface area contributed by atoms with Crippen molar-refractivity contribution in [1.29, 1.82) is 0 Å². The molecule has 0 aliphatic carbocycles. The molecule has 106 valence electrons. The number of benzene rings is 1. The molecule has 0 fully saturated rings. The third-order valence-electron chi connectivity index (χ3n) is 3.20. The van der Waals surface area contributed by atoms with Gasteiger partial charge in [-0.15, -0.1) is 0 Å². The van der Waals surface area contributed by atoms with Crippen molar-refractivity contribution in [2.24, 2.45) is 5.84 Å². The molecule has 5 heteroatoms. The summed E-state index contributed by atoms with van der Waals surface area (Å²) >= 11 is 0. The third kappa shape index (κ3) is 3.00. The molecule has 1 aromatic heterocycles. The number of carbonyl (C=O) groups is 1. The van der Waals surface area contributed by atoms with E-state index in [9.17, 15) is 4.79 Å². The van der Waals surface area contributed by atoms with Crippen molar-refractivity contribution in [2.75, 3.05) is 0 Å². The third-order valence-corrected chi connectivity index (χ3v) is 3.20. The first-order valence-electron chi connectivity index (χ1n) is 6.31. The number of nitrogen functional groups attached to an aromatic ring is 1. The average Bonchev–Trinajstić information content (AvgIpc) is 2.80. The van der Waals surface area contributed by atoms with Crippen LogP contribution in [0.4, 0.5) is 0 Å². The second-order valence-electron chi connectivity index (χ2n) is 4.69. The van der Waals surface area contributed by atoms with Crippen LogP contribution in [0, 0.1) is 20.8 Å². The SMILES string of the molecule is Cc1ccc(OCc2cc(C(=O)NN)c(C)o2)cc1C. The minimum absolute atomic E-state index is 0.265. The van der Waals surface area contributed by atoms with Gasteiger partial charge in [0.2, 0.25) is 0 Å². The predicted octanol–water partition coefficient (Wildman–Crippen LogP) is 2.39. The van der Waals surface area contributed by atoms with Gasteiger partial charge in [0, 0.05) is 0 Å². The summed E-state index contributed by atoms with van der Waals surface area (Å²) in [6.07, 6.45) is 0. The molecule has 2 aromatic rings. The summed E-state index contributed by atoms with van der Waals surface area (Å²) in [5, 5.41) is 0. The number of nitrogens with one attached hydrogen (secondary N) is 1. The molecular formula is C15H18N2O3. The number of carbonyl (C=O) groups excluding carboxylic acids is 1. The van der Waals surface area contributed by atoms with Crippen LogP contribution < -0.4 is 16.0 Å². The number of rotatable bonds is 4. The van der Waals surface area contributed by atoms with Gasteiger partial charge in [0.1, 0.15) is 23.9 Å². The first-order chi connectivity index (χ1) is 9.51. The van der Waals surface area contributed by atoms with Crippen molar-refractivity contribution in [3.63, 3.8) is 0 Å². The highest BCUT2D eigenvalue weighted by molar-refractivity contribution is 5.94. The summed E-state index contributed by atoms with van der Waals surface area (Å²) in [5.74, 6) is 6.61. The lowest BCUT2D eigenvalue weighted by Gasteiger charge is -2.06. The molecule has 0 spiro atoms. The van der Waals surface area contributed by atoms with Crippen molar-refractivity contribution < 1.29 is 13.9 Å². The van der Waals surface area contributed by atoms with E-state index in [1.807, 2.05) is 32.0 Å².